The van der Waals surface area contributed by atoms with Gasteiger partial charge in [0.25, 0.3) is 0 Å². The van der Waals surface area contributed by atoms with Crippen LogP contribution in [0.3, 0.4) is 0 Å². The normalized spacial score (nSPS) is 20.5. The van der Waals surface area contributed by atoms with Crippen molar-refractivity contribution in [2.75, 3.05) is 20.2 Å². The number of aromatic nitrogens is 1. The third-order valence-corrected chi connectivity index (χ3v) is 3.67. The molecule has 15 heteroatoms. The lowest BCUT2D eigenvalue weighted by atomic mass is 9.90. The van der Waals surface area contributed by atoms with Crippen molar-refractivity contribution in [1.29, 1.82) is 0 Å². The van der Waals surface area contributed by atoms with Crippen molar-refractivity contribution in [3.8, 4) is 0 Å². The molecule has 2 rings (SSSR count). The second-order valence-corrected chi connectivity index (χ2v) is 5.83. The second kappa shape index (κ2) is 10.5. The van der Waals surface area contributed by atoms with E-state index >= 15 is 0 Å². The van der Waals surface area contributed by atoms with Crippen LogP contribution in [0, 0.1) is 11.8 Å². The molecule has 30 heavy (non-hydrogen) atoms. The first-order valence-corrected chi connectivity index (χ1v) is 7.80. The van der Waals surface area contributed by atoms with Crippen LogP contribution in [0.25, 0.3) is 0 Å². The lowest BCUT2D eigenvalue weighted by molar-refractivity contribution is -0.217. The highest BCUT2D eigenvalue weighted by atomic mass is 19.4. The van der Waals surface area contributed by atoms with Gasteiger partial charge in [0.15, 0.2) is 0 Å². The number of nitrogens with zero attached hydrogens (tertiary/aromatic N) is 1. The van der Waals surface area contributed by atoms with E-state index in [1.165, 1.54) is 0 Å². The van der Waals surface area contributed by atoms with Gasteiger partial charge in [-0.2, -0.15) is 52.7 Å². The van der Waals surface area contributed by atoms with E-state index in [0.717, 1.165) is 7.11 Å². The van der Waals surface area contributed by atoms with Crippen molar-refractivity contribution in [3.05, 3.63) is 29.6 Å². The van der Waals surface area contributed by atoms with Crippen LogP contribution < -0.4 is 5.32 Å². The van der Waals surface area contributed by atoms with E-state index < -0.39 is 67.2 Å². The van der Waals surface area contributed by atoms with Crippen LogP contribution in [0.2, 0.25) is 0 Å². The number of aliphatic hydroxyl groups is 1. The lowest BCUT2D eigenvalue weighted by Crippen LogP contribution is -2.47. The zero-order valence-electron chi connectivity index (χ0n) is 14.9. The smallest absolute Gasteiger partial charge is 0.400 e. The van der Waals surface area contributed by atoms with Crippen LogP contribution in [0.15, 0.2) is 18.5 Å². The molecule has 176 valence electrons. The van der Waals surface area contributed by atoms with Crippen LogP contribution in [0.1, 0.15) is 17.5 Å². The SMILES string of the molecule is CO.FC(F)(F)C1CNCC(C(F)(F)F)C1.FC(F)(F)c1cncc(C(F)(F)F)c1. The lowest BCUT2D eigenvalue weighted by Gasteiger charge is -2.32. The molecular formula is C15H16F12N2O. The predicted octanol–water partition coefficient (Wildman–Crippen LogP) is 5.06. The third-order valence-electron chi connectivity index (χ3n) is 3.67. The van der Waals surface area contributed by atoms with Crippen molar-refractivity contribution < 1.29 is 57.8 Å². The summed E-state index contributed by atoms with van der Waals surface area (Å²) in [6.45, 7) is -0.841. The van der Waals surface area contributed by atoms with Gasteiger partial charge in [0, 0.05) is 32.6 Å². The minimum absolute atomic E-state index is 0.0208. The predicted molar refractivity (Wildman–Crippen MR) is 79.0 cm³/mol. The highest BCUT2D eigenvalue weighted by Gasteiger charge is 2.49. The summed E-state index contributed by atoms with van der Waals surface area (Å²) in [5.74, 6) is -3.77. The summed E-state index contributed by atoms with van der Waals surface area (Å²) < 4.78 is 144. The Hall–Kier alpha value is -1.77. The molecule has 0 aromatic carbocycles. The number of aliphatic hydroxyl groups excluding tert-OH is 1. The molecule has 3 nitrogen and oxygen atoms in total. The van der Waals surface area contributed by atoms with Crippen LogP contribution in [-0.4, -0.2) is 42.6 Å². The Labute approximate surface area is 162 Å². The molecule has 1 saturated heterocycles. The zero-order chi connectivity index (χ0) is 24.0. The standard InChI is InChI=1S/C7H9F6N.C7H3F6N.CH4O/c2*8-6(9,10)4-1-5(3-14-2-4)7(11,12)13;1-2/h4-5,14H,1-3H2;1-3H;2H,1H3. The topological polar surface area (TPSA) is 45.1 Å². The molecule has 2 heterocycles. The number of alkyl halides is 12. The average molecular weight is 468 g/mol. The minimum Gasteiger partial charge on any atom is -0.400 e. The highest BCUT2D eigenvalue weighted by Crippen LogP contribution is 2.39. The Kier molecular flexibility index (Phi) is 9.89. The molecule has 2 N–H and O–H groups in total. The summed E-state index contributed by atoms with van der Waals surface area (Å²) in [4.78, 5) is 2.88. The number of rotatable bonds is 0. The van der Waals surface area contributed by atoms with Gasteiger partial charge in [-0.3, -0.25) is 4.98 Å². The molecule has 2 unspecified atom stereocenters. The van der Waals surface area contributed by atoms with Gasteiger partial charge in [-0.1, -0.05) is 0 Å². The molecule has 1 aromatic heterocycles. The summed E-state index contributed by atoms with van der Waals surface area (Å²) in [5.41, 5.74) is -2.82. The Morgan fingerprint density at radius 3 is 1.33 bits per heavy atom. The molecule has 0 aliphatic carbocycles. The van der Waals surface area contributed by atoms with E-state index in [1.807, 2.05) is 0 Å². The van der Waals surface area contributed by atoms with Crippen LogP contribution in [-0.2, 0) is 12.4 Å². The average Bonchev–Trinajstić information content (AvgIpc) is 2.61. The summed E-state index contributed by atoms with van der Waals surface area (Å²) in [5, 5.41) is 9.16. The molecule has 0 radical (unpaired) electrons. The quantitative estimate of drug-likeness (QED) is 0.524. The van der Waals surface area contributed by atoms with Gasteiger partial charge in [-0.25, -0.2) is 0 Å². The fourth-order valence-electron chi connectivity index (χ4n) is 2.19. The molecule has 1 fully saturated rings. The third kappa shape index (κ3) is 9.36. The monoisotopic (exact) mass is 468 g/mol. The van der Waals surface area contributed by atoms with E-state index in [0.29, 0.717) is 12.4 Å². The second-order valence-electron chi connectivity index (χ2n) is 5.83. The van der Waals surface area contributed by atoms with Gasteiger partial charge >= 0.3 is 24.7 Å². The van der Waals surface area contributed by atoms with E-state index in [2.05, 4.69) is 10.3 Å². The van der Waals surface area contributed by atoms with Crippen molar-refractivity contribution >= 4 is 0 Å². The fraction of sp³-hybridized carbons (Fsp3) is 0.667. The molecule has 0 bridgehead atoms. The largest absolute Gasteiger partial charge is 0.417 e. The molecular weight excluding hydrogens is 452 g/mol. The Balaban J connectivity index is 0.000000518. The van der Waals surface area contributed by atoms with Gasteiger partial charge in [0.2, 0.25) is 0 Å². The summed E-state index contributed by atoms with van der Waals surface area (Å²) in [6, 6.07) is 0.0208. The maximum absolute atomic E-state index is 12.1. The molecule has 1 aromatic rings. The van der Waals surface area contributed by atoms with E-state index in [-0.39, 0.29) is 6.07 Å². The van der Waals surface area contributed by atoms with E-state index in [1.54, 1.807) is 0 Å². The molecule has 1 aliphatic heterocycles. The van der Waals surface area contributed by atoms with Crippen molar-refractivity contribution in [3.63, 3.8) is 0 Å². The first kappa shape index (κ1) is 28.2. The summed E-state index contributed by atoms with van der Waals surface area (Å²) >= 11 is 0. The molecule has 0 saturated carbocycles. The first-order chi connectivity index (χ1) is 13.4. The molecule has 1 aliphatic rings. The summed E-state index contributed by atoms with van der Waals surface area (Å²) in [7, 11) is 1.00. The maximum Gasteiger partial charge on any atom is 0.417 e. The maximum atomic E-state index is 12.1. The fourth-order valence-corrected chi connectivity index (χ4v) is 2.19. The molecule has 0 amide bonds. The number of nitrogens with one attached hydrogen (secondary N) is 1. The van der Waals surface area contributed by atoms with Crippen LogP contribution in [0.5, 0.6) is 0 Å². The zero-order valence-corrected chi connectivity index (χ0v) is 14.9. The summed E-state index contributed by atoms with van der Waals surface area (Å²) in [6.07, 6.45) is -18.9. The van der Waals surface area contributed by atoms with Crippen LogP contribution in [0.4, 0.5) is 52.7 Å². The van der Waals surface area contributed by atoms with Gasteiger partial charge in [0.1, 0.15) is 0 Å². The minimum atomic E-state index is -4.81. The van der Waals surface area contributed by atoms with Crippen LogP contribution >= 0.6 is 0 Å². The Morgan fingerprint density at radius 2 is 1.07 bits per heavy atom. The number of pyridine rings is 1. The van der Waals surface area contributed by atoms with E-state index in [9.17, 15) is 52.7 Å². The number of hydrogen-bond acceptors (Lipinski definition) is 3. The van der Waals surface area contributed by atoms with Crippen molar-refractivity contribution in [1.82, 2.24) is 10.3 Å². The van der Waals surface area contributed by atoms with Gasteiger partial charge in [-0.05, 0) is 12.5 Å². The number of piperidine rings is 1. The van der Waals surface area contributed by atoms with Crippen molar-refractivity contribution in [2.24, 2.45) is 11.8 Å². The molecule has 0 spiro atoms. The number of hydrogen-bond donors (Lipinski definition) is 2. The Bertz CT molecular complexity index is 587. The molecule has 2 atom stereocenters. The Morgan fingerprint density at radius 1 is 0.733 bits per heavy atom. The highest BCUT2D eigenvalue weighted by molar-refractivity contribution is 5.22. The first-order valence-electron chi connectivity index (χ1n) is 7.80. The number of halogens is 12. The van der Waals surface area contributed by atoms with Gasteiger partial charge in [-0.15, -0.1) is 0 Å². The van der Waals surface area contributed by atoms with Gasteiger partial charge in [0.05, 0.1) is 23.0 Å². The van der Waals surface area contributed by atoms with Gasteiger partial charge < -0.3 is 10.4 Å². The van der Waals surface area contributed by atoms with E-state index in [4.69, 9.17) is 5.11 Å². The van der Waals surface area contributed by atoms with Crippen molar-refractivity contribution in [2.45, 2.75) is 31.1 Å².